The summed E-state index contributed by atoms with van der Waals surface area (Å²) in [5.41, 5.74) is 1.25. The molecule has 0 aliphatic carbocycles. The van der Waals surface area contributed by atoms with Gasteiger partial charge in [0.2, 0.25) is 0 Å². The van der Waals surface area contributed by atoms with Crippen molar-refractivity contribution in [1.29, 1.82) is 0 Å². The first-order valence-electron chi connectivity index (χ1n) is 5.71. The molecule has 0 bridgehead atoms. The molecule has 1 aromatic carbocycles. The number of urea groups is 1. The van der Waals surface area contributed by atoms with Gasteiger partial charge in [0.15, 0.2) is 0 Å². The molecule has 0 spiro atoms. The van der Waals surface area contributed by atoms with Gasteiger partial charge in [-0.1, -0.05) is 18.2 Å². The lowest BCUT2D eigenvalue weighted by molar-refractivity contribution is 0.205. The minimum Gasteiger partial charge on any atom is -0.378 e. The van der Waals surface area contributed by atoms with E-state index in [0.717, 1.165) is 13.1 Å². The molecular weight excluding hydrogens is 214 g/mol. The van der Waals surface area contributed by atoms with Crippen molar-refractivity contribution in [2.24, 2.45) is 0 Å². The lowest BCUT2D eigenvalue weighted by atomic mass is 10.3. The second-order valence-electron chi connectivity index (χ2n) is 4.36. The maximum atomic E-state index is 10.8. The van der Waals surface area contributed by atoms with Gasteiger partial charge in [-0.2, -0.15) is 0 Å². The number of carbonyl (C=O) groups is 1. The number of nitrogens with zero attached hydrogens (tertiary/aromatic N) is 3. The molecule has 1 aliphatic heterocycles. The molecule has 0 atom stereocenters. The van der Waals surface area contributed by atoms with Gasteiger partial charge >= 0.3 is 6.03 Å². The fourth-order valence-corrected chi connectivity index (χ4v) is 1.51. The van der Waals surface area contributed by atoms with Crippen LogP contribution in [0.5, 0.6) is 0 Å². The summed E-state index contributed by atoms with van der Waals surface area (Å²) < 4.78 is 0. The standard InChI is InChI=1S/C8H11N.C5H10N2O/c1-9(2)8-6-4-3-5-7-8;1-6-3-4-7(2)5(6)8/h3-7H,1-2H3;3-4H2,1-2H3. The molecule has 1 saturated heterocycles. The number of hydrogen-bond acceptors (Lipinski definition) is 2. The Kier molecular flexibility index (Phi) is 4.82. The van der Waals surface area contributed by atoms with E-state index in [1.165, 1.54) is 5.69 Å². The van der Waals surface area contributed by atoms with Crippen LogP contribution in [0.25, 0.3) is 0 Å². The molecule has 1 fully saturated rings. The number of hydrogen-bond donors (Lipinski definition) is 0. The van der Waals surface area contributed by atoms with Crippen LogP contribution < -0.4 is 4.90 Å². The highest BCUT2D eigenvalue weighted by Gasteiger charge is 2.20. The van der Waals surface area contributed by atoms with Crippen LogP contribution in [-0.2, 0) is 0 Å². The van der Waals surface area contributed by atoms with Crippen molar-refractivity contribution in [1.82, 2.24) is 9.80 Å². The molecular formula is C13H21N3O. The van der Waals surface area contributed by atoms with Crippen molar-refractivity contribution in [2.45, 2.75) is 0 Å². The van der Waals surface area contributed by atoms with E-state index in [1.54, 1.807) is 9.80 Å². The van der Waals surface area contributed by atoms with Crippen molar-refractivity contribution in [3.8, 4) is 0 Å². The van der Waals surface area contributed by atoms with Crippen LogP contribution in [0.3, 0.4) is 0 Å². The van der Waals surface area contributed by atoms with Gasteiger partial charge in [-0.05, 0) is 12.1 Å². The molecule has 4 heteroatoms. The molecule has 1 aromatic rings. The Hall–Kier alpha value is -1.71. The van der Waals surface area contributed by atoms with Gasteiger partial charge < -0.3 is 14.7 Å². The van der Waals surface area contributed by atoms with Crippen LogP contribution >= 0.6 is 0 Å². The second kappa shape index (κ2) is 6.13. The average Bonchev–Trinajstić information content (AvgIpc) is 2.62. The van der Waals surface area contributed by atoms with Gasteiger partial charge in [-0.15, -0.1) is 0 Å². The van der Waals surface area contributed by atoms with Crippen LogP contribution in [0.1, 0.15) is 0 Å². The van der Waals surface area contributed by atoms with Crippen molar-refractivity contribution in [2.75, 3.05) is 46.2 Å². The van der Waals surface area contributed by atoms with Crippen molar-refractivity contribution >= 4 is 11.7 Å². The zero-order chi connectivity index (χ0) is 12.8. The molecule has 0 saturated carbocycles. The Labute approximate surface area is 103 Å². The van der Waals surface area contributed by atoms with Gasteiger partial charge in [0.1, 0.15) is 0 Å². The first kappa shape index (κ1) is 13.4. The number of amides is 2. The summed E-state index contributed by atoms with van der Waals surface area (Å²) in [5, 5.41) is 0. The quantitative estimate of drug-likeness (QED) is 0.741. The fourth-order valence-electron chi connectivity index (χ4n) is 1.51. The average molecular weight is 235 g/mol. The minimum atomic E-state index is 0.130. The summed E-state index contributed by atoms with van der Waals surface area (Å²) >= 11 is 0. The van der Waals surface area contributed by atoms with Gasteiger partial charge in [0, 0.05) is 47.0 Å². The molecule has 2 amide bonds. The first-order valence-corrected chi connectivity index (χ1v) is 5.71. The van der Waals surface area contributed by atoms with E-state index in [9.17, 15) is 4.79 Å². The third-order valence-electron chi connectivity index (χ3n) is 2.70. The zero-order valence-corrected chi connectivity index (χ0v) is 11.1. The topological polar surface area (TPSA) is 26.8 Å². The Morgan fingerprint density at radius 1 is 1.00 bits per heavy atom. The van der Waals surface area contributed by atoms with Crippen LogP contribution in [0.2, 0.25) is 0 Å². The highest BCUT2D eigenvalue weighted by molar-refractivity contribution is 5.75. The van der Waals surface area contributed by atoms with E-state index in [0.29, 0.717) is 0 Å². The highest BCUT2D eigenvalue weighted by atomic mass is 16.2. The SMILES string of the molecule is CN(C)c1ccccc1.CN1CCN(C)C1=O. The monoisotopic (exact) mass is 235 g/mol. The molecule has 0 unspecified atom stereocenters. The number of anilines is 1. The number of likely N-dealkylation sites (N-methyl/N-ethyl adjacent to an activating group) is 2. The van der Waals surface area contributed by atoms with Crippen LogP contribution in [0.15, 0.2) is 30.3 Å². The summed E-state index contributed by atoms with van der Waals surface area (Å²) in [6.45, 7) is 1.74. The lowest BCUT2D eigenvalue weighted by Crippen LogP contribution is -2.25. The summed E-state index contributed by atoms with van der Waals surface area (Å²) in [4.78, 5) is 16.3. The molecule has 1 aliphatic rings. The lowest BCUT2D eigenvalue weighted by Gasteiger charge is -2.10. The molecule has 0 N–H and O–H groups in total. The summed E-state index contributed by atoms with van der Waals surface area (Å²) in [6.07, 6.45) is 0. The summed E-state index contributed by atoms with van der Waals surface area (Å²) in [6, 6.07) is 10.4. The Bertz CT molecular complexity index is 339. The summed E-state index contributed by atoms with van der Waals surface area (Å²) in [7, 11) is 7.70. The van der Waals surface area contributed by atoms with E-state index in [1.807, 2.05) is 46.4 Å². The van der Waals surface area contributed by atoms with Crippen molar-refractivity contribution in [3.05, 3.63) is 30.3 Å². The van der Waals surface area contributed by atoms with E-state index in [4.69, 9.17) is 0 Å². The highest BCUT2D eigenvalue weighted by Crippen LogP contribution is 2.07. The number of rotatable bonds is 1. The van der Waals surface area contributed by atoms with E-state index >= 15 is 0 Å². The third kappa shape index (κ3) is 3.98. The molecule has 2 rings (SSSR count). The van der Waals surface area contributed by atoms with Gasteiger partial charge in [0.05, 0.1) is 0 Å². The Balaban J connectivity index is 0.000000171. The molecule has 1 heterocycles. The normalized spacial score (nSPS) is 14.5. The van der Waals surface area contributed by atoms with E-state index in [-0.39, 0.29) is 6.03 Å². The van der Waals surface area contributed by atoms with Gasteiger partial charge in [-0.3, -0.25) is 0 Å². The first-order chi connectivity index (χ1) is 8.02. The van der Waals surface area contributed by atoms with Crippen LogP contribution in [-0.4, -0.2) is 57.1 Å². The van der Waals surface area contributed by atoms with E-state index < -0.39 is 0 Å². The predicted octanol–water partition coefficient (Wildman–Crippen LogP) is 1.74. The second-order valence-corrected chi connectivity index (χ2v) is 4.36. The maximum Gasteiger partial charge on any atom is 0.319 e. The fraction of sp³-hybridized carbons (Fsp3) is 0.462. The molecule has 0 aromatic heterocycles. The Morgan fingerprint density at radius 3 is 1.71 bits per heavy atom. The molecule has 4 nitrogen and oxygen atoms in total. The number of benzene rings is 1. The summed E-state index contributed by atoms with van der Waals surface area (Å²) in [5.74, 6) is 0. The maximum absolute atomic E-state index is 10.8. The minimum absolute atomic E-state index is 0.130. The van der Waals surface area contributed by atoms with Crippen LogP contribution in [0.4, 0.5) is 10.5 Å². The third-order valence-corrected chi connectivity index (χ3v) is 2.70. The zero-order valence-electron chi connectivity index (χ0n) is 11.1. The smallest absolute Gasteiger partial charge is 0.319 e. The number of para-hydroxylation sites is 1. The molecule has 0 radical (unpaired) electrons. The Morgan fingerprint density at radius 2 is 1.47 bits per heavy atom. The van der Waals surface area contributed by atoms with Gasteiger partial charge in [0.25, 0.3) is 0 Å². The van der Waals surface area contributed by atoms with Crippen molar-refractivity contribution < 1.29 is 4.79 Å². The largest absolute Gasteiger partial charge is 0.378 e. The molecule has 94 valence electrons. The number of carbonyl (C=O) groups excluding carboxylic acids is 1. The predicted molar refractivity (Wildman–Crippen MR) is 71.4 cm³/mol. The van der Waals surface area contributed by atoms with Crippen molar-refractivity contribution in [3.63, 3.8) is 0 Å². The van der Waals surface area contributed by atoms with Crippen LogP contribution in [0, 0.1) is 0 Å². The van der Waals surface area contributed by atoms with E-state index in [2.05, 4.69) is 17.0 Å². The van der Waals surface area contributed by atoms with Gasteiger partial charge in [-0.25, -0.2) is 4.79 Å². The molecule has 17 heavy (non-hydrogen) atoms.